The fourth-order valence-electron chi connectivity index (χ4n) is 2.23. The van der Waals surface area contributed by atoms with Crippen LogP contribution in [0.15, 0.2) is 59.2 Å². The molecule has 0 aliphatic carbocycles. The number of ether oxygens (including phenoxy) is 2. The van der Waals surface area contributed by atoms with Crippen molar-refractivity contribution >= 4 is 47.2 Å². The van der Waals surface area contributed by atoms with Crippen LogP contribution >= 0.6 is 23.2 Å². The lowest BCUT2D eigenvalue weighted by Gasteiger charge is -2.03. The summed E-state index contributed by atoms with van der Waals surface area (Å²) in [5.41, 5.74) is 1.69. The van der Waals surface area contributed by atoms with Gasteiger partial charge in [-0.3, -0.25) is 0 Å². The normalized spacial score (nSPS) is 15.6. The minimum atomic E-state index is -0.521. The third-order valence-corrected chi connectivity index (χ3v) is 4.00. The summed E-state index contributed by atoms with van der Waals surface area (Å²) in [6.45, 7) is 0. The molecule has 6 heteroatoms. The van der Waals surface area contributed by atoms with E-state index in [0.29, 0.717) is 15.8 Å². The van der Waals surface area contributed by atoms with Crippen molar-refractivity contribution in [2.75, 3.05) is 7.11 Å². The van der Waals surface area contributed by atoms with Crippen molar-refractivity contribution in [1.82, 2.24) is 0 Å². The molecule has 3 rings (SSSR count). The van der Waals surface area contributed by atoms with Gasteiger partial charge in [-0.2, -0.15) is 0 Å². The number of halogens is 2. The minimum Gasteiger partial charge on any atom is -0.496 e. The van der Waals surface area contributed by atoms with E-state index in [1.807, 2.05) is 18.2 Å². The lowest BCUT2D eigenvalue weighted by Crippen LogP contribution is -2.01. The molecule has 2 aromatic rings. The summed E-state index contributed by atoms with van der Waals surface area (Å²) in [6, 6.07) is 12.5. The number of esters is 1. The van der Waals surface area contributed by atoms with Crippen molar-refractivity contribution in [3.63, 3.8) is 0 Å². The van der Waals surface area contributed by atoms with Crippen molar-refractivity contribution in [2.24, 2.45) is 4.99 Å². The van der Waals surface area contributed by atoms with Gasteiger partial charge >= 0.3 is 5.97 Å². The van der Waals surface area contributed by atoms with E-state index in [1.165, 1.54) is 0 Å². The Bertz CT molecular complexity index is 917. The van der Waals surface area contributed by atoms with E-state index in [9.17, 15) is 4.79 Å². The smallest absolute Gasteiger partial charge is 0.363 e. The molecule has 4 nitrogen and oxygen atoms in total. The highest BCUT2D eigenvalue weighted by Crippen LogP contribution is 2.25. The summed E-state index contributed by atoms with van der Waals surface area (Å²) in [5.74, 6) is 0.319. The zero-order chi connectivity index (χ0) is 17.8. The molecular formula is C19H13Cl2NO3. The van der Waals surface area contributed by atoms with E-state index in [2.05, 4.69) is 4.99 Å². The molecule has 0 radical (unpaired) electrons. The van der Waals surface area contributed by atoms with E-state index >= 15 is 0 Å². The number of methoxy groups -OCH3 is 1. The summed E-state index contributed by atoms with van der Waals surface area (Å²) in [6.07, 6.45) is 4.91. The van der Waals surface area contributed by atoms with Crippen LogP contribution in [-0.4, -0.2) is 19.0 Å². The Balaban J connectivity index is 1.85. The van der Waals surface area contributed by atoms with Gasteiger partial charge in [-0.15, -0.1) is 0 Å². The van der Waals surface area contributed by atoms with Gasteiger partial charge in [0.05, 0.1) is 7.11 Å². The van der Waals surface area contributed by atoms with Crippen LogP contribution in [-0.2, 0) is 9.53 Å². The maximum Gasteiger partial charge on any atom is 0.363 e. The molecule has 0 saturated carbocycles. The maximum atomic E-state index is 12.0. The van der Waals surface area contributed by atoms with Crippen LogP contribution < -0.4 is 4.74 Å². The van der Waals surface area contributed by atoms with Crippen LogP contribution in [0.2, 0.25) is 10.0 Å². The molecule has 0 unspecified atom stereocenters. The topological polar surface area (TPSA) is 47.9 Å². The van der Waals surface area contributed by atoms with Crippen molar-refractivity contribution in [3.05, 3.63) is 75.4 Å². The number of carbonyl (C=O) groups is 1. The molecule has 25 heavy (non-hydrogen) atoms. The van der Waals surface area contributed by atoms with Gasteiger partial charge in [0, 0.05) is 21.7 Å². The first-order valence-corrected chi connectivity index (χ1v) is 8.11. The van der Waals surface area contributed by atoms with Gasteiger partial charge in [-0.25, -0.2) is 9.79 Å². The van der Waals surface area contributed by atoms with Gasteiger partial charge in [0.15, 0.2) is 5.70 Å². The number of para-hydroxylation sites is 1. The first-order chi connectivity index (χ1) is 12.1. The SMILES string of the molecule is COc1ccccc1/C=C1N=C(/C=C/c2ccc(Cl)cc2Cl)OC\1=O. The summed E-state index contributed by atoms with van der Waals surface area (Å²) >= 11 is 12.0. The van der Waals surface area contributed by atoms with Gasteiger partial charge < -0.3 is 9.47 Å². The number of rotatable bonds is 4. The number of nitrogens with zero attached hydrogens (tertiary/aromatic N) is 1. The van der Waals surface area contributed by atoms with Gasteiger partial charge in [-0.05, 0) is 35.9 Å². The van der Waals surface area contributed by atoms with E-state index in [1.54, 1.807) is 49.6 Å². The molecule has 0 saturated heterocycles. The Hall–Kier alpha value is -2.56. The van der Waals surface area contributed by atoms with Crippen molar-refractivity contribution in [1.29, 1.82) is 0 Å². The van der Waals surface area contributed by atoms with Crippen molar-refractivity contribution < 1.29 is 14.3 Å². The molecule has 1 aliphatic heterocycles. The van der Waals surface area contributed by atoms with Crippen LogP contribution in [0, 0.1) is 0 Å². The molecule has 0 atom stereocenters. The summed E-state index contributed by atoms with van der Waals surface area (Å²) < 4.78 is 10.4. The standard InChI is InChI=1S/C19H13Cl2NO3/c1-24-17-5-3-2-4-13(17)10-16-19(23)25-18(22-16)9-7-12-6-8-14(20)11-15(12)21/h2-11H,1H3/b9-7+,16-10-. The number of benzene rings is 2. The second-order valence-electron chi connectivity index (χ2n) is 5.11. The molecule has 0 aromatic heterocycles. The average Bonchev–Trinajstić information content (AvgIpc) is 2.94. The quantitative estimate of drug-likeness (QED) is 0.558. The lowest BCUT2D eigenvalue weighted by molar-refractivity contribution is -0.129. The third kappa shape index (κ3) is 4.10. The Morgan fingerprint density at radius 2 is 1.88 bits per heavy atom. The zero-order valence-electron chi connectivity index (χ0n) is 13.2. The highest BCUT2D eigenvalue weighted by molar-refractivity contribution is 6.35. The second-order valence-corrected chi connectivity index (χ2v) is 5.95. The summed E-state index contributed by atoms with van der Waals surface area (Å²) in [4.78, 5) is 16.2. The maximum absolute atomic E-state index is 12.0. The van der Waals surface area contributed by atoms with Crippen molar-refractivity contribution in [3.8, 4) is 5.75 Å². The Labute approximate surface area is 155 Å². The van der Waals surface area contributed by atoms with Crippen LogP contribution in [0.4, 0.5) is 0 Å². The summed E-state index contributed by atoms with van der Waals surface area (Å²) in [7, 11) is 1.57. The molecule has 126 valence electrons. The fourth-order valence-corrected chi connectivity index (χ4v) is 2.70. The molecule has 0 amide bonds. The molecule has 0 N–H and O–H groups in total. The molecule has 0 bridgehead atoms. The second kappa shape index (κ2) is 7.55. The van der Waals surface area contributed by atoms with Gasteiger partial charge in [0.2, 0.25) is 5.90 Å². The van der Waals surface area contributed by atoms with E-state index in [0.717, 1.165) is 11.1 Å². The molecule has 0 spiro atoms. The highest BCUT2D eigenvalue weighted by Gasteiger charge is 2.21. The summed E-state index contributed by atoms with van der Waals surface area (Å²) in [5, 5.41) is 1.05. The molecule has 2 aromatic carbocycles. The predicted octanol–water partition coefficient (Wildman–Crippen LogP) is 5.01. The number of carbonyl (C=O) groups excluding carboxylic acids is 1. The molecule has 1 aliphatic rings. The fraction of sp³-hybridized carbons (Fsp3) is 0.0526. The van der Waals surface area contributed by atoms with Gasteiger partial charge in [-0.1, -0.05) is 47.5 Å². The first-order valence-electron chi connectivity index (χ1n) is 7.35. The average molecular weight is 374 g/mol. The Morgan fingerprint density at radius 3 is 2.64 bits per heavy atom. The largest absolute Gasteiger partial charge is 0.496 e. The minimum absolute atomic E-state index is 0.192. The van der Waals surface area contributed by atoms with Gasteiger partial charge in [0.25, 0.3) is 0 Å². The van der Waals surface area contributed by atoms with E-state index in [-0.39, 0.29) is 11.6 Å². The Morgan fingerprint density at radius 1 is 1.08 bits per heavy atom. The van der Waals surface area contributed by atoms with Gasteiger partial charge in [0.1, 0.15) is 5.75 Å². The number of aliphatic imine (C=N–C) groups is 1. The lowest BCUT2D eigenvalue weighted by atomic mass is 10.1. The number of hydrogen-bond acceptors (Lipinski definition) is 4. The number of cyclic esters (lactones) is 1. The first kappa shape index (κ1) is 17.3. The third-order valence-electron chi connectivity index (χ3n) is 3.44. The van der Waals surface area contributed by atoms with Crippen LogP contribution in [0.25, 0.3) is 12.2 Å². The highest BCUT2D eigenvalue weighted by atomic mass is 35.5. The zero-order valence-corrected chi connectivity index (χ0v) is 14.7. The molecule has 0 fully saturated rings. The molecular weight excluding hydrogens is 361 g/mol. The van der Waals surface area contributed by atoms with E-state index < -0.39 is 5.97 Å². The van der Waals surface area contributed by atoms with Crippen molar-refractivity contribution in [2.45, 2.75) is 0 Å². The van der Waals surface area contributed by atoms with Crippen LogP contribution in [0.3, 0.4) is 0 Å². The van der Waals surface area contributed by atoms with Crippen LogP contribution in [0.1, 0.15) is 11.1 Å². The predicted molar refractivity (Wildman–Crippen MR) is 100.0 cm³/mol. The monoisotopic (exact) mass is 373 g/mol. The van der Waals surface area contributed by atoms with E-state index in [4.69, 9.17) is 32.7 Å². The van der Waals surface area contributed by atoms with Crippen LogP contribution in [0.5, 0.6) is 5.75 Å². The molecule has 1 heterocycles. The number of hydrogen-bond donors (Lipinski definition) is 0. The Kier molecular flexibility index (Phi) is 5.22.